The molecule has 1 aliphatic heterocycles. The summed E-state index contributed by atoms with van der Waals surface area (Å²) >= 11 is 1.35. The monoisotopic (exact) mass is 398 g/mol. The first-order chi connectivity index (χ1) is 13.8. The Hall–Kier alpha value is -2.48. The number of methoxy groups -OCH3 is 1. The van der Waals surface area contributed by atoms with Crippen LogP contribution in [0.5, 0.6) is 5.75 Å². The second-order valence-corrected chi connectivity index (χ2v) is 7.48. The van der Waals surface area contributed by atoms with Gasteiger partial charge in [-0.15, -0.1) is 11.3 Å². The number of nitrogens with zero attached hydrogens (tertiary/aromatic N) is 2. The van der Waals surface area contributed by atoms with Crippen LogP contribution >= 0.6 is 11.3 Å². The molecule has 7 heteroatoms. The summed E-state index contributed by atoms with van der Waals surface area (Å²) in [4.78, 5) is 20.4. The first kappa shape index (κ1) is 18.9. The van der Waals surface area contributed by atoms with E-state index in [0.29, 0.717) is 11.5 Å². The number of fused-ring (bicyclic) bond motifs is 1. The van der Waals surface area contributed by atoms with Crippen LogP contribution in [0.1, 0.15) is 9.67 Å². The van der Waals surface area contributed by atoms with Crippen molar-refractivity contribution in [2.24, 2.45) is 0 Å². The highest BCUT2D eigenvalue weighted by Gasteiger charge is 2.21. The first-order valence-corrected chi connectivity index (χ1v) is 10.1. The van der Waals surface area contributed by atoms with Crippen molar-refractivity contribution in [2.45, 2.75) is 0 Å². The van der Waals surface area contributed by atoms with Crippen molar-refractivity contribution in [1.82, 2.24) is 9.88 Å². The minimum atomic E-state index is -0.344. The van der Waals surface area contributed by atoms with Gasteiger partial charge < -0.3 is 14.2 Å². The van der Waals surface area contributed by atoms with Gasteiger partial charge in [0, 0.05) is 36.8 Å². The number of pyridine rings is 1. The predicted molar refractivity (Wildman–Crippen MR) is 109 cm³/mol. The molecular formula is C21H22N2O4S. The molecule has 1 aliphatic rings. The standard InChI is InChI=1S/C21H22N2O4S/c1-25-21(24)19-18(17-3-2-8-22-20(17)28-19)15-4-6-16(7-5-15)27-14-11-23-9-12-26-13-10-23/h2-8H,9-14H2,1H3. The average Bonchev–Trinajstić information content (AvgIpc) is 3.14. The molecule has 0 N–H and O–H groups in total. The van der Waals surface area contributed by atoms with Crippen LogP contribution in [0.2, 0.25) is 0 Å². The second kappa shape index (κ2) is 8.68. The summed E-state index contributed by atoms with van der Waals surface area (Å²) in [5.74, 6) is 0.470. The average molecular weight is 398 g/mol. The summed E-state index contributed by atoms with van der Waals surface area (Å²) < 4.78 is 16.2. The van der Waals surface area contributed by atoms with E-state index in [1.165, 1.54) is 18.4 Å². The van der Waals surface area contributed by atoms with Gasteiger partial charge in [-0.05, 0) is 29.8 Å². The van der Waals surface area contributed by atoms with Crippen molar-refractivity contribution in [3.05, 3.63) is 47.5 Å². The van der Waals surface area contributed by atoms with Gasteiger partial charge in [0.05, 0.1) is 20.3 Å². The molecule has 0 saturated carbocycles. The van der Waals surface area contributed by atoms with Gasteiger partial charge in [0.25, 0.3) is 0 Å². The third-order valence-corrected chi connectivity index (χ3v) is 5.85. The number of hydrogen-bond acceptors (Lipinski definition) is 7. The molecule has 4 rings (SSSR count). The van der Waals surface area contributed by atoms with Crippen LogP contribution in [-0.4, -0.2) is 62.4 Å². The second-order valence-electron chi connectivity index (χ2n) is 6.48. The Bertz CT molecular complexity index is 949. The smallest absolute Gasteiger partial charge is 0.348 e. The molecule has 3 heterocycles. The van der Waals surface area contributed by atoms with E-state index in [4.69, 9.17) is 14.2 Å². The SMILES string of the molecule is COC(=O)c1sc2ncccc2c1-c1ccc(OCCN2CCOCC2)cc1. The molecule has 0 atom stereocenters. The maximum atomic E-state index is 12.3. The number of carbonyl (C=O) groups is 1. The maximum Gasteiger partial charge on any atom is 0.348 e. The van der Waals surface area contributed by atoms with Gasteiger partial charge in [-0.1, -0.05) is 12.1 Å². The van der Waals surface area contributed by atoms with Crippen LogP contribution in [0, 0.1) is 0 Å². The number of hydrogen-bond donors (Lipinski definition) is 0. The highest BCUT2D eigenvalue weighted by Crippen LogP contribution is 2.38. The number of morpholine rings is 1. The topological polar surface area (TPSA) is 60.9 Å². The number of thiophene rings is 1. The Morgan fingerprint density at radius 2 is 2.00 bits per heavy atom. The third-order valence-electron chi connectivity index (χ3n) is 4.76. The summed E-state index contributed by atoms with van der Waals surface area (Å²) in [6.07, 6.45) is 1.73. The largest absolute Gasteiger partial charge is 0.492 e. The molecule has 146 valence electrons. The molecule has 0 unspecified atom stereocenters. The fraction of sp³-hybridized carbons (Fsp3) is 0.333. The molecule has 6 nitrogen and oxygen atoms in total. The minimum absolute atomic E-state index is 0.344. The van der Waals surface area contributed by atoms with E-state index < -0.39 is 0 Å². The lowest BCUT2D eigenvalue weighted by Crippen LogP contribution is -2.38. The van der Waals surface area contributed by atoms with Crippen LogP contribution in [0.25, 0.3) is 21.3 Å². The lowest BCUT2D eigenvalue weighted by molar-refractivity contribution is 0.0322. The number of esters is 1. The number of rotatable bonds is 6. The van der Waals surface area contributed by atoms with Crippen molar-refractivity contribution in [1.29, 1.82) is 0 Å². The quantitative estimate of drug-likeness (QED) is 0.593. The van der Waals surface area contributed by atoms with Crippen LogP contribution in [0.15, 0.2) is 42.6 Å². The van der Waals surface area contributed by atoms with E-state index in [1.54, 1.807) is 6.20 Å². The normalized spacial score (nSPS) is 14.9. The Morgan fingerprint density at radius 1 is 1.21 bits per heavy atom. The molecule has 3 aromatic rings. The Labute approximate surface area is 167 Å². The van der Waals surface area contributed by atoms with Crippen molar-refractivity contribution < 1.29 is 19.0 Å². The van der Waals surface area contributed by atoms with Crippen LogP contribution in [0.3, 0.4) is 0 Å². The number of carbonyl (C=O) groups excluding carboxylic acids is 1. The van der Waals surface area contributed by atoms with Crippen molar-refractivity contribution in [3.63, 3.8) is 0 Å². The van der Waals surface area contributed by atoms with Crippen LogP contribution in [0.4, 0.5) is 0 Å². The van der Waals surface area contributed by atoms with E-state index in [-0.39, 0.29) is 5.97 Å². The predicted octanol–water partition coefficient (Wildman–Crippen LogP) is 3.46. The molecule has 2 aromatic heterocycles. The highest BCUT2D eigenvalue weighted by molar-refractivity contribution is 7.21. The zero-order chi connectivity index (χ0) is 19.3. The molecular weight excluding hydrogens is 376 g/mol. The summed E-state index contributed by atoms with van der Waals surface area (Å²) in [6.45, 7) is 5.02. The molecule has 0 amide bonds. The van der Waals surface area contributed by atoms with E-state index in [9.17, 15) is 4.79 Å². The molecule has 1 aromatic carbocycles. The molecule has 0 bridgehead atoms. The molecule has 28 heavy (non-hydrogen) atoms. The van der Waals surface area contributed by atoms with Crippen molar-refractivity contribution in [2.75, 3.05) is 46.6 Å². The zero-order valence-electron chi connectivity index (χ0n) is 15.7. The van der Waals surface area contributed by atoms with E-state index >= 15 is 0 Å². The first-order valence-electron chi connectivity index (χ1n) is 9.25. The van der Waals surface area contributed by atoms with Gasteiger partial charge in [-0.25, -0.2) is 9.78 Å². The van der Waals surface area contributed by atoms with Crippen molar-refractivity contribution >= 4 is 27.5 Å². The van der Waals surface area contributed by atoms with Gasteiger partial charge >= 0.3 is 5.97 Å². The lowest BCUT2D eigenvalue weighted by atomic mass is 10.0. The third kappa shape index (κ3) is 4.01. The molecule has 1 fully saturated rings. The number of aromatic nitrogens is 1. The number of benzene rings is 1. The molecule has 0 radical (unpaired) electrons. The number of ether oxygens (including phenoxy) is 3. The van der Waals surface area contributed by atoms with Gasteiger partial charge in [0.2, 0.25) is 0 Å². The van der Waals surface area contributed by atoms with Gasteiger partial charge in [-0.2, -0.15) is 0 Å². The van der Waals surface area contributed by atoms with Gasteiger partial charge in [-0.3, -0.25) is 4.90 Å². The molecule has 0 spiro atoms. The molecule has 1 saturated heterocycles. The van der Waals surface area contributed by atoms with E-state index in [1.807, 2.05) is 36.4 Å². The fourth-order valence-corrected chi connectivity index (χ4v) is 4.37. The Kier molecular flexibility index (Phi) is 5.85. The van der Waals surface area contributed by atoms with E-state index in [2.05, 4.69) is 9.88 Å². The zero-order valence-corrected chi connectivity index (χ0v) is 16.5. The van der Waals surface area contributed by atoms with Gasteiger partial charge in [0.1, 0.15) is 22.1 Å². The maximum absolute atomic E-state index is 12.3. The summed E-state index contributed by atoms with van der Waals surface area (Å²) in [5.41, 5.74) is 1.81. The van der Waals surface area contributed by atoms with Crippen molar-refractivity contribution in [3.8, 4) is 16.9 Å². The lowest BCUT2D eigenvalue weighted by Gasteiger charge is -2.26. The Balaban J connectivity index is 1.51. The fourth-order valence-electron chi connectivity index (χ4n) is 3.29. The summed E-state index contributed by atoms with van der Waals surface area (Å²) in [7, 11) is 1.40. The van der Waals surface area contributed by atoms with E-state index in [0.717, 1.165) is 59.9 Å². The Morgan fingerprint density at radius 3 is 2.75 bits per heavy atom. The van der Waals surface area contributed by atoms with Crippen LogP contribution < -0.4 is 4.74 Å². The molecule has 0 aliphatic carbocycles. The van der Waals surface area contributed by atoms with Crippen LogP contribution in [-0.2, 0) is 9.47 Å². The summed E-state index contributed by atoms with van der Waals surface area (Å²) in [6, 6.07) is 11.7. The highest BCUT2D eigenvalue weighted by atomic mass is 32.1. The van der Waals surface area contributed by atoms with Gasteiger partial charge in [0.15, 0.2) is 0 Å². The summed E-state index contributed by atoms with van der Waals surface area (Å²) in [5, 5.41) is 0.953. The minimum Gasteiger partial charge on any atom is -0.492 e.